The third kappa shape index (κ3) is 13.0. The zero-order chi connectivity index (χ0) is 49.3. The van der Waals surface area contributed by atoms with E-state index in [1.165, 1.54) is 37.7 Å². The van der Waals surface area contributed by atoms with E-state index in [2.05, 4.69) is 20.9 Å². The lowest BCUT2D eigenvalue weighted by molar-refractivity contribution is -0.148. The maximum Gasteiger partial charge on any atom is 0.247 e. The fraction of sp³-hybridized carbons (Fsp3) is 0.529. The summed E-state index contributed by atoms with van der Waals surface area (Å²) in [5.74, 6) is -3.20. The highest BCUT2D eigenvalue weighted by Crippen LogP contribution is 2.33. The van der Waals surface area contributed by atoms with Crippen LogP contribution in [-0.2, 0) is 39.9 Å². The molecule has 0 spiro atoms. The van der Waals surface area contributed by atoms with Gasteiger partial charge in [0.2, 0.25) is 29.5 Å². The second kappa shape index (κ2) is 23.1. The van der Waals surface area contributed by atoms with Crippen molar-refractivity contribution in [2.75, 3.05) is 33.1 Å². The zero-order valence-corrected chi connectivity index (χ0v) is 41.7. The molecule has 1 fully saturated rings. The van der Waals surface area contributed by atoms with E-state index >= 15 is 0 Å². The molecule has 0 bridgehead atoms. The first-order chi connectivity index (χ1) is 31.7. The van der Waals surface area contributed by atoms with Crippen LogP contribution in [0.25, 0.3) is 20.8 Å². The number of methoxy groups -OCH3 is 2. The highest BCUT2D eigenvalue weighted by molar-refractivity contribution is 7.21. The molecule has 5 N–H and O–H groups in total. The van der Waals surface area contributed by atoms with Crippen LogP contribution in [0.1, 0.15) is 85.3 Å². The van der Waals surface area contributed by atoms with Crippen LogP contribution >= 0.6 is 11.3 Å². The van der Waals surface area contributed by atoms with Gasteiger partial charge in [0.15, 0.2) is 0 Å². The SMILES string of the molecule is CC[C@H](C)[C@@H]([C@@H](CC(=O)N1CCC[C@H]1[C@H](OC)[C@@H](C)C(=O)N[C@@H](Cc1ccccc1)C(=O)Nc1ccc(-c2nc3cc(F)ccc3s2)cc1C)OC)N(C)C(=O)[C@@H](NC(=O)C(C)(C)N)C(C)C. The molecular weight excluding hydrogens is 874 g/mol. The fourth-order valence-corrected chi connectivity index (χ4v) is 9.85. The van der Waals surface area contributed by atoms with Gasteiger partial charge in [-0.2, -0.15) is 0 Å². The quantitative estimate of drug-likeness (QED) is 0.0692. The van der Waals surface area contributed by atoms with E-state index in [1.54, 1.807) is 49.8 Å². The number of rotatable bonds is 21. The van der Waals surface area contributed by atoms with Crippen LogP contribution in [0, 0.1) is 30.5 Å². The Labute approximate surface area is 398 Å². The van der Waals surface area contributed by atoms with Gasteiger partial charge in [0.05, 0.1) is 52.4 Å². The number of nitrogens with two attached hydrogens (primary N) is 1. The van der Waals surface area contributed by atoms with E-state index in [0.29, 0.717) is 37.0 Å². The van der Waals surface area contributed by atoms with Crippen LogP contribution < -0.4 is 21.7 Å². The summed E-state index contributed by atoms with van der Waals surface area (Å²) >= 11 is 1.45. The molecule has 3 aromatic carbocycles. The molecule has 1 aromatic heterocycles. The molecule has 364 valence electrons. The summed E-state index contributed by atoms with van der Waals surface area (Å²) in [7, 11) is 4.74. The van der Waals surface area contributed by atoms with Gasteiger partial charge in [-0.3, -0.25) is 24.0 Å². The number of carbonyl (C=O) groups excluding carboxylic acids is 5. The van der Waals surface area contributed by atoms with E-state index in [1.807, 2.05) is 77.1 Å². The minimum atomic E-state index is -1.19. The second-order valence-electron chi connectivity index (χ2n) is 18.9. The van der Waals surface area contributed by atoms with Gasteiger partial charge in [0.1, 0.15) is 22.9 Å². The molecule has 14 nitrogen and oxygen atoms in total. The Balaban J connectivity index is 1.31. The standard InChI is InChI=1S/C51H70FN7O7S/c1-12-30(4)44(58(9)49(63)43(29(2)3)57-50(64)51(7,8)53)40(65-10)28-42(60)59-24-16-19-39(59)45(66-11)32(6)46(61)55-38(26-33-17-14-13-15-18-33)47(62)54-36-22-20-34(25-31(36)5)48-56-37-27-35(52)21-23-41(37)67-48/h13-15,17-18,20-23,25,27,29-30,32,38-40,43-45H,12,16,19,24,26,28,53H2,1-11H3,(H,54,62)(H,55,61)(H,57,64)/t30-,32+,38-,39-,40+,43-,44-,45+/m0/s1. The molecule has 5 amide bonds. The molecule has 5 rings (SSSR count). The maximum absolute atomic E-state index is 14.4. The average Bonchev–Trinajstić information content (AvgIpc) is 3.95. The van der Waals surface area contributed by atoms with Gasteiger partial charge < -0.3 is 41.0 Å². The maximum atomic E-state index is 14.4. The molecule has 8 atom stereocenters. The van der Waals surface area contributed by atoms with Crippen molar-refractivity contribution in [3.05, 3.63) is 83.7 Å². The molecule has 2 heterocycles. The number of ether oxygens (including phenoxy) is 2. The number of amides is 5. The number of likely N-dealkylation sites (N-methyl/N-ethyl adjacent to an activating group) is 1. The number of hydrogen-bond donors (Lipinski definition) is 4. The van der Waals surface area contributed by atoms with Crippen molar-refractivity contribution < 1.29 is 37.8 Å². The lowest BCUT2D eigenvalue weighted by Gasteiger charge is -2.41. The first-order valence-electron chi connectivity index (χ1n) is 23.2. The van der Waals surface area contributed by atoms with Crippen LogP contribution in [0.3, 0.4) is 0 Å². The number of aromatic nitrogens is 1. The molecular formula is C51H70FN7O7S. The molecule has 1 aliphatic rings. The normalized spacial score (nSPS) is 17.3. The number of aryl methyl sites for hydroxylation is 1. The predicted molar refractivity (Wildman–Crippen MR) is 262 cm³/mol. The average molecular weight is 944 g/mol. The largest absolute Gasteiger partial charge is 0.379 e. The Hall–Kier alpha value is -5.29. The van der Waals surface area contributed by atoms with Crippen LogP contribution in [0.5, 0.6) is 0 Å². The minimum Gasteiger partial charge on any atom is -0.379 e. The molecule has 1 aliphatic heterocycles. The topological polar surface area (TPSA) is 185 Å². The first kappa shape index (κ1) is 52.7. The Morgan fingerprint density at radius 1 is 0.970 bits per heavy atom. The lowest BCUT2D eigenvalue weighted by Crippen LogP contribution is -2.60. The molecule has 16 heteroatoms. The van der Waals surface area contributed by atoms with Gasteiger partial charge in [-0.15, -0.1) is 11.3 Å². The first-order valence-corrected chi connectivity index (χ1v) is 24.0. The Morgan fingerprint density at radius 2 is 1.67 bits per heavy atom. The molecule has 1 saturated heterocycles. The van der Waals surface area contributed by atoms with Crippen molar-refractivity contribution in [2.45, 2.75) is 129 Å². The van der Waals surface area contributed by atoms with Crippen molar-refractivity contribution in [3.63, 3.8) is 0 Å². The Kier molecular flexibility index (Phi) is 18.2. The van der Waals surface area contributed by atoms with Crippen molar-refractivity contribution in [2.24, 2.45) is 23.5 Å². The third-order valence-corrected chi connectivity index (χ3v) is 14.1. The Bertz CT molecular complexity index is 2350. The highest BCUT2D eigenvalue weighted by Gasteiger charge is 2.43. The van der Waals surface area contributed by atoms with Gasteiger partial charge in [-0.1, -0.05) is 71.4 Å². The van der Waals surface area contributed by atoms with E-state index in [4.69, 9.17) is 15.2 Å². The van der Waals surface area contributed by atoms with Crippen LogP contribution in [0.15, 0.2) is 66.7 Å². The van der Waals surface area contributed by atoms with Crippen LogP contribution in [0.4, 0.5) is 10.1 Å². The molecule has 67 heavy (non-hydrogen) atoms. The summed E-state index contributed by atoms with van der Waals surface area (Å²) in [6.45, 7) is 15.0. The monoisotopic (exact) mass is 944 g/mol. The van der Waals surface area contributed by atoms with E-state index in [0.717, 1.165) is 26.4 Å². The number of nitrogens with zero attached hydrogens (tertiary/aromatic N) is 3. The number of nitrogens with one attached hydrogen (secondary N) is 3. The van der Waals surface area contributed by atoms with Crippen molar-refractivity contribution in [1.29, 1.82) is 0 Å². The highest BCUT2D eigenvalue weighted by atomic mass is 32.1. The van der Waals surface area contributed by atoms with Crippen molar-refractivity contribution >= 4 is 56.8 Å². The second-order valence-corrected chi connectivity index (χ2v) is 19.9. The number of benzene rings is 3. The van der Waals surface area contributed by atoms with Gasteiger partial charge >= 0.3 is 0 Å². The Morgan fingerprint density at radius 3 is 2.28 bits per heavy atom. The summed E-state index contributed by atoms with van der Waals surface area (Å²) in [6, 6.07) is 16.8. The number of halogens is 1. The van der Waals surface area contributed by atoms with E-state index < -0.39 is 65.6 Å². The van der Waals surface area contributed by atoms with Crippen molar-refractivity contribution in [1.82, 2.24) is 25.4 Å². The number of hydrogen-bond acceptors (Lipinski definition) is 10. The fourth-order valence-electron chi connectivity index (χ4n) is 8.91. The number of carbonyl (C=O) groups is 5. The van der Waals surface area contributed by atoms with Crippen LogP contribution in [0.2, 0.25) is 0 Å². The number of anilines is 1. The van der Waals surface area contributed by atoms with E-state index in [9.17, 15) is 28.4 Å². The summed E-state index contributed by atoms with van der Waals surface area (Å²) in [4.78, 5) is 77.9. The zero-order valence-electron chi connectivity index (χ0n) is 40.9. The van der Waals surface area contributed by atoms with Crippen LogP contribution in [-0.4, -0.2) is 114 Å². The summed E-state index contributed by atoms with van der Waals surface area (Å²) in [5.41, 5.74) is 8.48. The number of likely N-dealkylation sites (tertiary alicyclic amines) is 1. The smallest absolute Gasteiger partial charge is 0.247 e. The minimum absolute atomic E-state index is 0.0362. The molecule has 4 aromatic rings. The van der Waals surface area contributed by atoms with Gasteiger partial charge in [0, 0.05) is 51.6 Å². The molecule has 0 saturated carbocycles. The molecule has 0 aliphatic carbocycles. The van der Waals surface area contributed by atoms with E-state index in [-0.39, 0.29) is 42.3 Å². The molecule has 0 radical (unpaired) electrons. The summed E-state index contributed by atoms with van der Waals surface area (Å²) < 4.78 is 26.8. The summed E-state index contributed by atoms with van der Waals surface area (Å²) in [6.07, 6.45) is 0.765. The third-order valence-electron chi connectivity index (χ3n) is 13.1. The van der Waals surface area contributed by atoms with Gasteiger partial charge in [-0.05, 0) is 86.9 Å². The lowest BCUT2D eigenvalue weighted by atomic mass is 9.89. The van der Waals surface area contributed by atoms with Gasteiger partial charge in [-0.25, -0.2) is 9.37 Å². The number of thiazole rings is 1. The molecule has 0 unspecified atom stereocenters. The van der Waals surface area contributed by atoms with Gasteiger partial charge in [0.25, 0.3) is 0 Å². The predicted octanol–water partition coefficient (Wildman–Crippen LogP) is 6.88. The summed E-state index contributed by atoms with van der Waals surface area (Å²) in [5, 5.41) is 9.61. The van der Waals surface area contributed by atoms with Crippen molar-refractivity contribution in [3.8, 4) is 10.6 Å². The number of fused-ring (bicyclic) bond motifs is 1.